The predicted octanol–water partition coefficient (Wildman–Crippen LogP) is 1.79. The van der Waals surface area contributed by atoms with Gasteiger partial charge in [0, 0.05) is 24.7 Å². The number of thioether (sulfide) groups is 1. The van der Waals surface area contributed by atoms with Crippen molar-refractivity contribution in [1.82, 2.24) is 9.97 Å². The highest BCUT2D eigenvalue weighted by Crippen LogP contribution is 2.20. The number of hydrogen-bond donors (Lipinski definition) is 2. The molecule has 0 aromatic carbocycles. The Labute approximate surface area is 112 Å². The summed E-state index contributed by atoms with van der Waals surface area (Å²) in [6, 6.07) is 0. The normalized spacial score (nSPS) is 14.3. The minimum atomic E-state index is -0.786. The number of nitrogens with one attached hydrogen (secondary N) is 1. The lowest BCUT2D eigenvalue weighted by Gasteiger charge is -2.23. The van der Waals surface area contributed by atoms with E-state index in [0.717, 1.165) is 0 Å². The Bertz CT molecular complexity index is 372. The first kappa shape index (κ1) is 15.0. The molecule has 102 valence electrons. The number of nitrogens with zero attached hydrogens (tertiary/aromatic N) is 2. The second kappa shape index (κ2) is 6.80. The molecule has 2 N–H and O–H groups in total. The van der Waals surface area contributed by atoms with E-state index in [2.05, 4.69) is 15.3 Å². The summed E-state index contributed by atoms with van der Waals surface area (Å²) >= 11 is 1.60. The van der Waals surface area contributed by atoms with E-state index in [1.807, 2.05) is 20.1 Å². The molecule has 1 heterocycles. The lowest BCUT2D eigenvalue weighted by atomic mass is 10.1. The van der Waals surface area contributed by atoms with Crippen LogP contribution in [0.5, 0.6) is 5.88 Å². The highest BCUT2D eigenvalue weighted by Gasteiger charge is 2.20. The molecule has 1 rings (SSSR count). The highest BCUT2D eigenvalue weighted by molar-refractivity contribution is 7.98. The molecule has 0 radical (unpaired) electrons. The summed E-state index contributed by atoms with van der Waals surface area (Å²) in [7, 11) is 0. The van der Waals surface area contributed by atoms with Crippen molar-refractivity contribution in [2.75, 3.05) is 23.9 Å². The molecule has 0 saturated carbocycles. The Morgan fingerprint density at radius 1 is 1.44 bits per heavy atom. The Morgan fingerprint density at radius 2 is 2.11 bits per heavy atom. The van der Waals surface area contributed by atoms with Crippen LogP contribution in [0, 0.1) is 0 Å². The summed E-state index contributed by atoms with van der Waals surface area (Å²) in [4.78, 5) is 8.31. The zero-order valence-electron chi connectivity index (χ0n) is 11.3. The zero-order valence-corrected chi connectivity index (χ0v) is 12.1. The van der Waals surface area contributed by atoms with E-state index in [9.17, 15) is 5.11 Å². The van der Waals surface area contributed by atoms with Crippen LogP contribution in [0.1, 0.15) is 20.8 Å². The molecule has 0 amide bonds. The molecule has 0 spiro atoms. The van der Waals surface area contributed by atoms with Crippen molar-refractivity contribution in [3.8, 4) is 5.88 Å². The van der Waals surface area contributed by atoms with Gasteiger partial charge < -0.3 is 15.2 Å². The van der Waals surface area contributed by atoms with Gasteiger partial charge >= 0.3 is 0 Å². The number of hydrogen-bond acceptors (Lipinski definition) is 6. The van der Waals surface area contributed by atoms with E-state index in [4.69, 9.17) is 4.74 Å². The lowest BCUT2D eigenvalue weighted by molar-refractivity contribution is 0.0995. The van der Waals surface area contributed by atoms with Crippen molar-refractivity contribution in [1.29, 1.82) is 0 Å². The molecule has 1 aromatic heterocycles. The fourth-order valence-electron chi connectivity index (χ4n) is 1.39. The highest BCUT2D eigenvalue weighted by atomic mass is 32.2. The first-order chi connectivity index (χ1) is 8.44. The zero-order chi connectivity index (χ0) is 13.6. The van der Waals surface area contributed by atoms with Gasteiger partial charge in [-0.05, 0) is 27.0 Å². The van der Waals surface area contributed by atoms with E-state index in [-0.39, 0.29) is 6.10 Å². The molecule has 0 aliphatic carbocycles. The van der Waals surface area contributed by atoms with E-state index in [0.29, 0.717) is 24.0 Å². The van der Waals surface area contributed by atoms with Gasteiger partial charge in [0.05, 0.1) is 11.7 Å². The molecule has 0 aliphatic heterocycles. The molecule has 0 aliphatic rings. The van der Waals surface area contributed by atoms with Crippen LogP contribution in [-0.4, -0.2) is 45.3 Å². The Hall–Kier alpha value is -1.01. The van der Waals surface area contributed by atoms with Crippen LogP contribution >= 0.6 is 11.8 Å². The second-order valence-corrected chi connectivity index (χ2v) is 5.53. The van der Waals surface area contributed by atoms with Gasteiger partial charge in [-0.3, -0.25) is 0 Å². The summed E-state index contributed by atoms with van der Waals surface area (Å²) in [5.74, 6) is 1.68. The van der Waals surface area contributed by atoms with Gasteiger partial charge in [0.15, 0.2) is 5.82 Å². The first-order valence-electron chi connectivity index (χ1n) is 5.87. The third-order valence-corrected chi connectivity index (χ3v) is 3.01. The van der Waals surface area contributed by atoms with Crippen LogP contribution < -0.4 is 10.1 Å². The Balaban J connectivity index is 2.66. The molecular formula is C12H21N3O2S. The SMILES string of the molecule is CSCC(C)(O)CNc1nccnc1OC(C)C. The quantitative estimate of drug-likeness (QED) is 0.788. The van der Waals surface area contributed by atoms with Crippen LogP contribution in [0.25, 0.3) is 0 Å². The van der Waals surface area contributed by atoms with Gasteiger partial charge in [0.1, 0.15) is 0 Å². The Kier molecular flexibility index (Phi) is 5.68. The second-order valence-electron chi connectivity index (χ2n) is 4.66. The van der Waals surface area contributed by atoms with Crippen LogP contribution in [0.2, 0.25) is 0 Å². The van der Waals surface area contributed by atoms with Gasteiger partial charge in [-0.1, -0.05) is 0 Å². The summed E-state index contributed by atoms with van der Waals surface area (Å²) in [5.41, 5.74) is -0.786. The fraction of sp³-hybridized carbons (Fsp3) is 0.667. The molecule has 18 heavy (non-hydrogen) atoms. The number of ether oxygens (including phenoxy) is 1. The summed E-state index contributed by atoms with van der Waals surface area (Å²) < 4.78 is 5.55. The summed E-state index contributed by atoms with van der Waals surface area (Å²) in [6.45, 7) is 6.06. The number of rotatable bonds is 7. The molecule has 6 heteroatoms. The smallest absolute Gasteiger partial charge is 0.257 e. The largest absolute Gasteiger partial charge is 0.472 e. The fourth-order valence-corrected chi connectivity index (χ4v) is 2.12. The molecule has 1 aromatic rings. The summed E-state index contributed by atoms with van der Waals surface area (Å²) in [5, 5.41) is 13.2. The molecule has 1 atom stereocenters. The van der Waals surface area contributed by atoms with E-state index in [1.165, 1.54) is 0 Å². The number of aliphatic hydroxyl groups is 1. The van der Waals surface area contributed by atoms with E-state index >= 15 is 0 Å². The standard InChI is InChI=1S/C12H21N3O2S/c1-9(2)17-11-10(13-5-6-14-11)15-7-12(3,16)8-18-4/h5-6,9,16H,7-8H2,1-4H3,(H,13,15). The maximum atomic E-state index is 10.1. The van der Waals surface area contributed by atoms with Crippen molar-refractivity contribution < 1.29 is 9.84 Å². The predicted molar refractivity (Wildman–Crippen MR) is 75.3 cm³/mol. The molecule has 5 nitrogen and oxygen atoms in total. The lowest BCUT2D eigenvalue weighted by Crippen LogP contribution is -2.36. The van der Waals surface area contributed by atoms with Gasteiger partial charge in [-0.25, -0.2) is 9.97 Å². The topological polar surface area (TPSA) is 67.3 Å². The van der Waals surface area contributed by atoms with Crippen molar-refractivity contribution in [3.63, 3.8) is 0 Å². The molecule has 0 bridgehead atoms. The minimum Gasteiger partial charge on any atom is -0.472 e. The van der Waals surface area contributed by atoms with Crippen LogP contribution in [0.3, 0.4) is 0 Å². The van der Waals surface area contributed by atoms with Gasteiger partial charge in [0.2, 0.25) is 0 Å². The third-order valence-electron chi connectivity index (χ3n) is 2.10. The average molecular weight is 271 g/mol. The molecule has 0 fully saturated rings. The first-order valence-corrected chi connectivity index (χ1v) is 7.27. The van der Waals surface area contributed by atoms with Crippen molar-refractivity contribution in [3.05, 3.63) is 12.4 Å². The van der Waals surface area contributed by atoms with Crippen molar-refractivity contribution in [2.45, 2.75) is 32.5 Å². The van der Waals surface area contributed by atoms with E-state index in [1.54, 1.807) is 31.1 Å². The van der Waals surface area contributed by atoms with Crippen LogP contribution in [0.4, 0.5) is 5.82 Å². The molecular weight excluding hydrogens is 250 g/mol. The minimum absolute atomic E-state index is 0.0361. The van der Waals surface area contributed by atoms with Crippen LogP contribution in [-0.2, 0) is 0 Å². The summed E-state index contributed by atoms with van der Waals surface area (Å²) in [6.07, 6.45) is 5.18. The molecule has 1 unspecified atom stereocenters. The maximum absolute atomic E-state index is 10.1. The number of anilines is 1. The average Bonchev–Trinajstić information content (AvgIpc) is 2.27. The monoisotopic (exact) mass is 271 g/mol. The van der Waals surface area contributed by atoms with Gasteiger partial charge in [0.25, 0.3) is 5.88 Å². The maximum Gasteiger partial charge on any atom is 0.257 e. The van der Waals surface area contributed by atoms with Crippen LogP contribution in [0.15, 0.2) is 12.4 Å². The third kappa shape index (κ3) is 5.10. The van der Waals surface area contributed by atoms with Gasteiger partial charge in [-0.2, -0.15) is 11.8 Å². The number of aromatic nitrogens is 2. The van der Waals surface area contributed by atoms with Crippen molar-refractivity contribution >= 4 is 17.6 Å². The Morgan fingerprint density at radius 3 is 2.72 bits per heavy atom. The van der Waals surface area contributed by atoms with Crippen molar-refractivity contribution in [2.24, 2.45) is 0 Å². The molecule has 0 saturated heterocycles. The van der Waals surface area contributed by atoms with Gasteiger partial charge in [-0.15, -0.1) is 0 Å². The van der Waals surface area contributed by atoms with E-state index < -0.39 is 5.60 Å².